The molecule has 1 aliphatic heterocycles. The third kappa shape index (κ3) is 5.72. The Morgan fingerprint density at radius 1 is 0.739 bits per heavy atom. The molecule has 0 aromatic heterocycles. The minimum absolute atomic E-state index is 0.0820. The van der Waals surface area contributed by atoms with Crippen LogP contribution in [0.15, 0.2) is 30.3 Å². The minimum Gasteiger partial charge on any atom is -0.465 e. The van der Waals surface area contributed by atoms with Crippen molar-refractivity contribution in [1.82, 2.24) is 0 Å². The second-order valence-corrected chi connectivity index (χ2v) is 12.7. The van der Waals surface area contributed by atoms with Gasteiger partial charge in [-0.15, -0.1) is 0 Å². The first-order valence-electron chi connectivity index (χ1n) is 14.8. The quantitative estimate of drug-likeness (QED) is 0.318. The molecule has 9 atom stereocenters. The lowest BCUT2D eigenvalue weighted by Gasteiger charge is -2.66. The van der Waals surface area contributed by atoms with Crippen LogP contribution in [0.2, 0.25) is 0 Å². The Hall–Kier alpha value is -4.04. The van der Waals surface area contributed by atoms with E-state index in [1.54, 1.807) is 32.0 Å². The smallest absolute Gasteiger partial charge is 0.338 e. The van der Waals surface area contributed by atoms with Gasteiger partial charge in [0.2, 0.25) is 0 Å². The fourth-order valence-corrected chi connectivity index (χ4v) is 7.81. The molecule has 1 spiro atoms. The van der Waals surface area contributed by atoms with Gasteiger partial charge in [-0.25, -0.2) is 4.79 Å². The van der Waals surface area contributed by atoms with E-state index in [1.807, 2.05) is 0 Å². The van der Waals surface area contributed by atoms with E-state index in [9.17, 15) is 33.9 Å². The Morgan fingerprint density at radius 2 is 1.28 bits per heavy atom. The lowest BCUT2D eigenvalue weighted by molar-refractivity contribution is -0.363. The summed E-state index contributed by atoms with van der Waals surface area (Å²) in [6.45, 7) is 9.26. The number of aliphatic hydroxyl groups is 1. The minimum atomic E-state index is -2.25. The highest BCUT2D eigenvalue weighted by molar-refractivity contribution is 5.89. The Labute approximate surface area is 265 Å². The first kappa shape index (κ1) is 34.8. The van der Waals surface area contributed by atoms with E-state index < -0.39 is 107 Å². The molecule has 1 heterocycles. The van der Waals surface area contributed by atoms with E-state index in [0.29, 0.717) is 0 Å². The topological polar surface area (TPSA) is 187 Å². The zero-order chi connectivity index (χ0) is 34.4. The number of fused-ring (bicyclic) bond motifs is 1. The summed E-state index contributed by atoms with van der Waals surface area (Å²) in [4.78, 5) is 77.1. The maximum absolute atomic E-state index is 13.8. The van der Waals surface area contributed by atoms with E-state index in [1.165, 1.54) is 19.1 Å². The zero-order valence-corrected chi connectivity index (χ0v) is 27.0. The van der Waals surface area contributed by atoms with E-state index in [-0.39, 0.29) is 5.56 Å². The molecule has 3 fully saturated rings. The molecule has 2 saturated carbocycles. The molecule has 14 heteroatoms. The van der Waals surface area contributed by atoms with Crippen molar-refractivity contribution in [2.45, 2.75) is 109 Å². The second kappa shape index (κ2) is 12.3. The maximum Gasteiger partial charge on any atom is 0.338 e. The van der Waals surface area contributed by atoms with Gasteiger partial charge in [0.25, 0.3) is 0 Å². The van der Waals surface area contributed by atoms with Crippen LogP contribution >= 0.6 is 0 Å². The van der Waals surface area contributed by atoms with E-state index in [0.717, 1.165) is 34.6 Å². The number of rotatable bonds is 8. The molecule has 4 rings (SSSR count). The Balaban J connectivity index is 2.18. The van der Waals surface area contributed by atoms with Gasteiger partial charge in [-0.05, 0) is 32.9 Å². The number of esters is 6. The van der Waals surface area contributed by atoms with Gasteiger partial charge in [0, 0.05) is 41.0 Å². The van der Waals surface area contributed by atoms with Crippen LogP contribution in [0.5, 0.6) is 0 Å². The number of carbonyl (C=O) groups is 6. The summed E-state index contributed by atoms with van der Waals surface area (Å²) in [6, 6.07) is 7.80. The largest absolute Gasteiger partial charge is 0.465 e. The van der Waals surface area contributed by atoms with Crippen molar-refractivity contribution < 1.29 is 67.0 Å². The summed E-state index contributed by atoms with van der Waals surface area (Å²) < 4.78 is 41.9. The Kier molecular flexibility index (Phi) is 9.30. The fraction of sp³-hybridized carbons (Fsp3) is 0.625. The van der Waals surface area contributed by atoms with Crippen molar-refractivity contribution in [2.75, 3.05) is 6.61 Å². The third-order valence-corrected chi connectivity index (χ3v) is 9.01. The monoisotopic (exact) mass is 648 g/mol. The predicted octanol–water partition coefficient (Wildman–Crippen LogP) is 1.82. The Morgan fingerprint density at radius 3 is 1.80 bits per heavy atom. The fourth-order valence-electron chi connectivity index (χ4n) is 7.81. The van der Waals surface area contributed by atoms with Crippen molar-refractivity contribution in [3.63, 3.8) is 0 Å². The lowest BCUT2D eigenvalue weighted by atomic mass is 9.45. The highest BCUT2D eigenvalue weighted by atomic mass is 16.7. The van der Waals surface area contributed by atoms with Gasteiger partial charge < -0.3 is 38.3 Å². The van der Waals surface area contributed by atoms with Gasteiger partial charge in [0.1, 0.15) is 30.3 Å². The van der Waals surface area contributed by atoms with E-state index in [2.05, 4.69) is 0 Å². The van der Waals surface area contributed by atoms with Crippen LogP contribution in [0, 0.1) is 11.3 Å². The van der Waals surface area contributed by atoms with Gasteiger partial charge in [-0.1, -0.05) is 18.2 Å². The van der Waals surface area contributed by atoms with Crippen molar-refractivity contribution >= 4 is 35.8 Å². The van der Waals surface area contributed by atoms with E-state index in [4.69, 9.17) is 33.2 Å². The maximum atomic E-state index is 13.8. The molecule has 2 aliphatic carbocycles. The molecule has 1 saturated heterocycles. The molecular formula is C32H40O14. The summed E-state index contributed by atoms with van der Waals surface area (Å²) in [5, 5.41) is 12.5. The molecule has 0 radical (unpaired) electrons. The molecule has 1 aromatic carbocycles. The van der Waals surface area contributed by atoms with Gasteiger partial charge in [-0.3, -0.25) is 24.0 Å². The highest BCUT2D eigenvalue weighted by Gasteiger charge is 2.89. The van der Waals surface area contributed by atoms with Crippen molar-refractivity contribution in [3.05, 3.63) is 35.9 Å². The zero-order valence-electron chi connectivity index (χ0n) is 27.0. The molecule has 3 aliphatic rings. The van der Waals surface area contributed by atoms with Crippen LogP contribution in [0.4, 0.5) is 0 Å². The van der Waals surface area contributed by atoms with Crippen LogP contribution in [0.25, 0.3) is 0 Å². The second-order valence-electron chi connectivity index (χ2n) is 12.7. The predicted molar refractivity (Wildman–Crippen MR) is 154 cm³/mol. The first-order chi connectivity index (χ1) is 21.3. The molecule has 0 unspecified atom stereocenters. The highest BCUT2D eigenvalue weighted by Crippen LogP contribution is 2.69. The number of hydrogen-bond donors (Lipinski definition) is 1. The number of carbonyl (C=O) groups excluding carboxylic acids is 6. The summed E-state index contributed by atoms with van der Waals surface area (Å²) >= 11 is 0. The number of benzene rings is 1. The van der Waals surface area contributed by atoms with Gasteiger partial charge in [-0.2, -0.15) is 0 Å². The van der Waals surface area contributed by atoms with Crippen LogP contribution in [0.3, 0.4) is 0 Å². The van der Waals surface area contributed by atoms with Crippen LogP contribution in [0.1, 0.15) is 72.2 Å². The SMILES string of the molecule is CC(=O)OC[C@]12[C@@H](OC(=O)c3ccccc3)[C@@H](OC(C)=O)[C@@H]3[C@@H](OC(C)=O)[C@]1(OC3(C)C)[C@@](C)(O)C[C@H](OC(C)=O)[C@@H]2OC(C)=O. The van der Waals surface area contributed by atoms with Crippen LogP contribution in [-0.2, 0) is 57.1 Å². The summed E-state index contributed by atoms with van der Waals surface area (Å²) in [6.07, 6.45) is -8.28. The third-order valence-electron chi connectivity index (χ3n) is 9.01. The van der Waals surface area contributed by atoms with Crippen molar-refractivity contribution in [1.29, 1.82) is 0 Å². The van der Waals surface area contributed by atoms with Gasteiger partial charge in [0.15, 0.2) is 17.8 Å². The number of ether oxygens (including phenoxy) is 7. The average Bonchev–Trinajstić information content (AvgIpc) is 3.12. The molecule has 2 bridgehead atoms. The first-order valence-corrected chi connectivity index (χ1v) is 14.8. The lowest BCUT2D eigenvalue weighted by Crippen LogP contribution is -2.85. The van der Waals surface area contributed by atoms with Gasteiger partial charge >= 0.3 is 35.8 Å². The molecule has 1 aromatic rings. The Bertz CT molecular complexity index is 1400. The summed E-state index contributed by atoms with van der Waals surface area (Å²) in [5.74, 6) is -6.19. The normalized spacial score (nSPS) is 35.5. The van der Waals surface area contributed by atoms with E-state index >= 15 is 0 Å². The molecule has 46 heavy (non-hydrogen) atoms. The molecule has 0 amide bonds. The standard InChI is InChI=1S/C32H40O14/c1-16(33)40-15-31-25(43-19(4)36)22(41-17(2)34)14-30(8,39)32(31)26(44-20(5)37)23(29(6,7)46-32)24(42-18(3)35)27(31)45-28(38)21-12-10-9-11-13-21/h9-13,22-27,39H,14-15H2,1-8H3/t22-,23+,24-,25-,26+,27-,30-,31-,32-/m0/s1. The molecule has 1 N–H and O–H groups in total. The average molecular weight is 649 g/mol. The van der Waals surface area contributed by atoms with Gasteiger partial charge in [0.05, 0.1) is 22.7 Å². The van der Waals surface area contributed by atoms with Crippen LogP contribution in [-0.4, -0.2) is 94.9 Å². The molecule has 14 nitrogen and oxygen atoms in total. The summed E-state index contributed by atoms with van der Waals surface area (Å²) in [7, 11) is 0. The number of hydrogen-bond acceptors (Lipinski definition) is 14. The van der Waals surface area contributed by atoms with Crippen molar-refractivity contribution in [2.24, 2.45) is 11.3 Å². The van der Waals surface area contributed by atoms with Crippen LogP contribution < -0.4 is 0 Å². The van der Waals surface area contributed by atoms with Crippen molar-refractivity contribution in [3.8, 4) is 0 Å². The molecule has 252 valence electrons. The summed E-state index contributed by atoms with van der Waals surface area (Å²) in [5.41, 5.74) is -7.92. The molecular weight excluding hydrogens is 608 g/mol.